The van der Waals surface area contributed by atoms with E-state index in [4.69, 9.17) is 10.8 Å². The molecule has 0 aliphatic carbocycles. The fourth-order valence-corrected chi connectivity index (χ4v) is 2.78. The number of benzene rings is 1. The Morgan fingerprint density at radius 2 is 1.42 bits per heavy atom. The van der Waals surface area contributed by atoms with Crippen LogP contribution in [0.25, 0.3) is 0 Å². The first kappa shape index (κ1) is 26.1. The Balaban J connectivity index is 3.03. The number of nitrogens with two attached hydrogens (primary N) is 1. The number of carboxylic acids is 1. The number of hydrogen-bond donors (Lipinski definition) is 5. The van der Waals surface area contributed by atoms with E-state index in [1.54, 1.807) is 27.7 Å². The average Bonchev–Trinajstić information content (AvgIpc) is 2.70. The van der Waals surface area contributed by atoms with E-state index in [2.05, 4.69) is 16.0 Å². The maximum atomic E-state index is 13.1. The molecule has 0 aromatic heterocycles. The van der Waals surface area contributed by atoms with Crippen molar-refractivity contribution in [2.45, 2.75) is 65.2 Å². The molecule has 0 heterocycles. The minimum atomic E-state index is -1.18. The molecule has 3 amide bonds. The molecule has 1 aromatic carbocycles. The van der Waals surface area contributed by atoms with Crippen LogP contribution in [-0.2, 0) is 25.6 Å². The number of carbonyl (C=O) groups excluding carboxylic acids is 3. The van der Waals surface area contributed by atoms with Crippen LogP contribution in [0.3, 0.4) is 0 Å². The van der Waals surface area contributed by atoms with E-state index in [-0.39, 0.29) is 18.3 Å². The van der Waals surface area contributed by atoms with Gasteiger partial charge in [0.25, 0.3) is 0 Å². The summed E-state index contributed by atoms with van der Waals surface area (Å²) in [6.07, 6.45) is 0.210. The highest BCUT2D eigenvalue weighted by Gasteiger charge is 2.31. The minimum Gasteiger partial charge on any atom is -0.480 e. The van der Waals surface area contributed by atoms with Gasteiger partial charge in [0, 0.05) is 6.42 Å². The summed E-state index contributed by atoms with van der Waals surface area (Å²) in [4.78, 5) is 49.1. The molecule has 31 heavy (non-hydrogen) atoms. The summed E-state index contributed by atoms with van der Waals surface area (Å²) in [7, 11) is 0. The van der Waals surface area contributed by atoms with Gasteiger partial charge in [-0.25, -0.2) is 0 Å². The van der Waals surface area contributed by atoms with Crippen LogP contribution in [0.1, 0.15) is 40.2 Å². The standard InChI is InChI=1S/C22H34N4O5/c1-12(2)17(23)20(28)25-16(11-15-9-7-6-8-10-15)19(27)26-18(13(3)4)21(29)24-14(5)22(30)31/h6-10,12-14,16-18H,11,23H2,1-5H3,(H,24,29)(H,25,28)(H,26,27)(H,30,31). The summed E-state index contributed by atoms with van der Waals surface area (Å²) in [5.41, 5.74) is 6.74. The van der Waals surface area contributed by atoms with E-state index >= 15 is 0 Å². The molecule has 0 aliphatic heterocycles. The molecule has 0 saturated carbocycles. The van der Waals surface area contributed by atoms with Crippen molar-refractivity contribution in [3.63, 3.8) is 0 Å². The zero-order chi connectivity index (χ0) is 23.7. The topological polar surface area (TPSA) is 151 Å². The smallest absolute Gasteiger partial charge is 0.325 e. The molecule has 0 bridgehead atoms. The van der Waals surface area contributed by atoms with E-state index in [1.165, 1.54) is 6.92 Å². The fraction of sp³-hybridized carbons (Fsp3) is 0.545. The second kappa shape index (κ2) is 12.0. The van der Waals surface area contributed by atoms with Crippen molar-refractivity contribution in [3.8, 4) is 0 Å². The van der Waals surface area contributed by atoms with E-state index in [1.807, 2.05) is 30.3 Å². The summed E-state index contributed by atoms with van der Waals surface area (Å²) in [6.45, 7) is 8.41. The lowest BCUT2D eigenvalue weighted by Crippen LogP contribution is -2.59. The summed E-state index contributed by atoms with van der Waals surface area (Å²) >= 11 is 0. The summed E-state index contributed by atoms with van der Waals surface area (Å²) in [6, 6.07) is 5.34. The van der Waals surface area contributed by atoms with Gasteiger partial charge in [0.2, 0.25) is 17.7 Å². The zero-order valence-corrected chi connectivity index (χ0v) is 18.7. The highest BCUT2D eigenvalue weighted by atomic mass is 16.4. The van der Waals surface area contributed by atoms with Crippen LogP contribution in [0.15, 0.2) is 30.3 Å². The Bertz CT molecular complexity index is 766. The Morgan fingerprint density at radius 3 is 1.90 bits per heavy atom. The molecule has 0 saturated heterocycles. The highest BCUT2D eigenvalue weighted by Crippen LogP contribution is 2.08. The second-order valence-corrected chi connectivity index (χ2v) is 8.32. The molecular weight excluding hydrogens is 400 g/mol. The van der Waals surface area contributed by atoms with Gasteiger partial charge in [-0.15, -0.1) is 0 Å². The third kappa shape index (κ3) is 8.37. The maximum absolute atomic E-state index is 13.1. The van der Waals surface area contributed by atoms with Crippen LogP contribution in [0.4, 0.5) is 0 Å². The molecule has 1 aromatic rings. The van der Waals surface area contributed by atoms with Crippen molar-refractivity contribution >= 4 is 23.7 Å². The Morgan fingerprint density at radius 1 is 0.839 bits per heavy atom. The summed E-state index contributed by atoms with van der Waals surface area (Å²) in [5.74, 6) is -3.23. The Kier molecular flexibility index (Phi) is 10.1. The fourth-order valence-electron chi connectivity index (χ4n) is 2.78. The monoisotopic (exact) mass is 434 g/mol. The molecule has 0 radical (unpaired) electrons. The van der Waals surface area contributed by atoms with E-state index in [0.717, 1.165) is 5.56 Å². The lowest BCUT2D eigenvalue weighted by Gasteiger charge is -2.27. The predicted octanol–water partition coefficient (Wildman–Crippen LogP) is 0.427. The second-order valence-electron chi connectivity index (χ2n) is 8.32. The molecule has 0 aliphatic rings. The normalized spacial score (nSPS) is 15.0. The molecule has 172 valence electrons. The van der Waals surface area contributed by atoms with Gasteiger partial charge in [-0.3, -0.25) is 19.2 Å². The lowest BCUT2D eigenvalue weighted by molar-refractivity contribution is -0.142. The quantitative estimate of drug-likeness (QED) is 0.341. The average molecular weight is 435 g/mol. The molecule has 1 rings (SSSR count). The maximum Gasteiger partial charge on any atom is 0.325 e. The number of hydrogen-bond acceptors (Lipinski definition) is 5. The Labute approximate surface area is 183 Å². The van der Waals surface area contributed by atoms with Crippen molar-refractivity contribution in [1.82, 2.24) is 16.0 Å². The van der Waals surface area contributed by atoms with Gasteiger partial charge in [-0.1, -0.05) is 58.0 Å². The lowest BCUT2D eigenvalue weighted by atomic mass is 9.99. The van der Waals surface area contributed by atoms with Crippen molar-refractivity contribution in [3.05, 3.63) is 35.9 Å². The van der Waals surface area contributed by atoms with Crippen LogP contribution in [-0.4, -0.2) is 53.0 Å². The van der Waals surface area contributed by atoms with Crippen LogP contribution in [0, 0.1) is 11.8 Å². The summed E-state index contributed by atoms with van der Waals surface area (Å²) < 4.78 is 0. The van der Waals surface area contributed by atoms with Crippen molar-refractivity contribution < 1.29 is 24.3 Å². The van der Waals surface area contributed by atoms with Gasteiger partial charge in [0.1, 0.15) is 18.1 Å². The first-order valence-corrected chi connectivity index (χ1v) is 10.4. The number of rotatable bonds is 11. The number of amides is 3. The van der Waals surface area contributed by atoms with Gasteiger partial charge >= 0.3 is 5.97 Å². The number of aliphatic carboxylic acids is 1. The molecule has 6 N–H and O–H groups in total. The molecule has 9 nitrogen and oxygen atoms in total. The molecule has 4 atom stereocenters. The molecule has 9 heteroatoms. The SMILES string of the molecule is CC(NC(=O)C(NC(=O)C(Cc1ccccc1)NC(=O)C(N)C(C)C)C(C)C)C(=O)O. The Hall–Kier alpha value is -2.94. The van der Waals surface area contributed by atoms with E-state index < -0.39 is 47.9 Å². The predicted molar refractivity (Wildman–Crippen MR) is 117 cm³/mol. The van der Waals surface area contributed by atoms with Crippen LogP contribution >= 0.6 is 0 Å². The number of carboxylic acid groups (broad SMARTS) is 1. The highest BCUT2D eigenvalue weighted by molar-refractivity contribution is 5.94. The zero-order valence-electron chi connectivity index (χ0n) is 18.7. The molecular formula is C22H34N4O5. The summed E-state index contributed by atoms with van der Waals surface area (Å²) in [5, 5.41) is 16.7. The van der Waals surface area contributed by atoms with Gasteiger partial charge in [0.05, 0.1) is 6.04 Å². The van der Waals surface area contributed by atoms with Crippen molar-refractivity contribution in [2.24, 2.45) is 17.6 Å². The third-order valence-electron chi connectivity index (χ3n) is 4.91. The minimum absolute atomic E-state index is 0.118. The van der Waals surface area contributed by atoms with Gasteiger partial charge in [-0.05, 0) is 24.3 Å². The first-order chi connectivity index (χ1) is 14.4. The van der Waals surface area contributed by atoms with E-state index in [9.17, 15) is 19.2 Å². The number of nitrogens with one attached hydrogen (secondary N) is 3. The number of carbonyl (C=O) groups is 4. The van der Waals surface area contributed by atoms with Crippen LogP contribution in [0.5, 0.6) is 0 Å². The van der Waals surface area contributed by atoms with Crippen LogP contribution in [0.2, 0.25) is 0 Å². The van der Waals surface area contributed by atoms with Gasteiger partial charge in [-0.2, -0.15) is 0 Å². The van der Waals surface area contributed by atoms with E-state index in [0.29, 0.717) is 0 Å². The van der Waals surface area contributed by atoms with Gasteiger partial charge < -0.3 is 26.8 Å². The molecule has 4 unspecified atom stereocenters. The van der Waals surface area contributed by atoms with Gasteiger partial charge in [0.15, 0.2) is 0 Å². The molecule has 0 spiro atoms. The van der Waals surface area contributed by atoms with Crippen molar-refractivity contribution in [2.75, 3.05) is 0 Å². The first-order valence-electron chi connectivity index (χ1n) is 10.4. The largest absolute Gasteiger partial charge is 0.480 e. The third-order valence-corrected chi connectivity index (χ3v) is 4.91. The molecule has 0 fully saturated rings. The van der Waals surface area contributed by atoms with Crippen molar-refractivity contribution in [1.29, 1.82) is 0 Å². The van der Waals surface area contributed by atoms with Crippen LogP contribution < -0.4 is 21.7 Å².